The SMILES string of the molecule is CC1NCN(C)CCc2ccccc21. The predicted molar refractivity (Wildman–Crippen MR) is 59.2 cm³/mol. The average Bonchev–Trinajstić information content (AvgIpc) is 2.21. The normalized spacial score (nSPS) is 23.7. The van der Waals surface area contributed by atoms with Crippen molar-refractivity contribution in [1.29, 1.82) is 0 Å². The molecule has 2 rings (SSSR count). The summed E-state index contributed by atoms with van der Waals surface area (Å²) in [6.07, 6.45) is 1.17. The second kappa shape index (κ2) is 4.11. The van der Waals surface area contributed by atoms with Gasteiger partial charge >= 0.3 is 0 Å². The lowest BCUT2D eigenvalue weighted by atomic mass is 9.98. The summed E-state index contributed by atoms with van der Waals surface area (Å²) in [5.41, 5.74) is 2.94. The number of nitrogens with one attached hydrogen (secondary N) is 1. The van der Waals surface area contributed by atoms with Crippen molar-refractivity contribution in [3.63, 3.8) is 0 Å². The summed E-state index contributed by atoms with van der Waals surface area (Å²) in [7, 11) is 2.16. The highest BCUT2D eigenvalue weighted by atomic mass is 15.2. The molecule has 1 aliphatic heterocycles. The molecule has 1 aliphatic rings. The molecule has 1 atom stereocenters. The van der Waals surface area contributed by atoms with Crippen molar-refractivity contribution in [2.45, 2.75) is 19.4 Å². The summed E-state index contributed by atoms with van der Waals surface area (Å²) >= 11 is 0. The van der Waals surface area contributed by atoms with E-state index in [1.807, 2.05) is 0 Å². The summed E-state index contributed by atoms with van der Waals surface area (Å²) < 4.78 is 0. The maximum Gasteiger partial charge on any atom is 0.0482 e. The van der Waals surface area contributed by atoms with E-state index >= 15 is 0 Å². The van der Waals surface area contributed by atoms with Crippen molar-refractivity contribution < 1.29 is 0 Å². The van der Waals surface area contributed by atoms with E-state index in [0.29, 0.717) is 6.04 Å². The number of nitrogens with zero attached hydrogens (tertiary/aromatic N) is 1. The van der Waals surface area contributed by atoms with Gasteiger partial charge in [-0.3, -0.25) is 10.2 Å². The third-order valence-electron chi connectivity index (χ3n) is 2.95. The second-order valence-corrected chi connectivity index (χ2v) is 4.11. The first-order valence-corrected chi connectivity index (χ1v) is 5.27. The van der Waals surface area contributed by atoms with Gasteiger partial charge in [-0.1, -0.05) is 24.3 Å². The van der Waals surface area contributed by atoms with Gasteiger partial charge in [0.2, 0.25) is 0 Å². The molecule has 2 nitrogen and oxygen atoms in total. The van der Waals surface area contributed by atoms with E-state index in [1.54, 1.807) is 0 Å². The van der Waals surface area contributed by atoms with Crippen LogP contribution in [0.4, 0.5) is 0 Å². The Labute approximate surface area is 85.9 Å². The van der Waals surface area contributed by atoms with Gasteiger partial charge in [0, 0.05) is 19.3 Å². The number of fused-ring (bicyclic) bond motifs is 1. The van der Waals surface area contributed by atoms with Gasteiger partial charge in [-0.25, -0.2) is 0 Å². The van der Waals surface area contributed by atoms with Gasteiger partial charge < -0.3 is 0 Å². The van der Waals surface area contributed by atoms with E-state index in [-0.39, 0.29) is 0 Å². The molecule has 1 aromatic carbocycles. The molecule has 0 radical (unpaired) electrons. The largest absolute Gasteiger partial charge is 0.298 e. The topological polar surface area (TPSA) is 15.3 Å². The van der Waals surface area contributed by atoms with Crippen molar-refractivity contribution >= 4 is 0 Å². The fourth-order valence-corrected chi connectivity index (χ4v) is 1.98. The highest BCUT2D eigenvalue weighted by Crippen LogP contribution is 2.19. The standard InChI is InChI=1S/C12H18N2/c1-10-12-6-4-3-5-11(12)7-8-14(2)9-13-10/h3-6,10,13H,7-9H2,1-2H3. The summed E-state index contributed by atoms with van der Waals surface area (Å²) in [6.45, 7) is 4.35. The quantitative estimate of drug-likeness (QED) is 0.671. The van der Waals surface area contributed by atoms with Crippen LogP contribution in [0, 0.1) is 0 Å². The Morgan fingerprint density at radius 1 is 1.36 bits per heavy atom. The minimum atomic E-state index is 0.467. The molecule has 1 N–H and O–H groups in total. The molecule has 0 saturated carbocycles. The number of hydrogen-bond donors (Lipinski definition) is 1. The van der Waals surface area contributed by atoms with E-state index in [0.717, 1.165) is 13.2 Å². The Bertz CT molecular complexity index is 309. The van der Waals surface area contributed by atoms with Gasteiger partial charge in [0.15, 0.2) is 0 Å². The fourth-order valence-electron chi connectivity index (χ4n) is 1.98. The Morgan fingerprint density at radius 3 is 3.00 bits per heavy atom. The van der Waals surface area contributed by atoms with Crippen LogP contribution in [-0.2, 0) is 6.42 Å². The maximum absolute atomic E-state index is 3.52. The molecule has 0 aliphatic carbocycles. The molecule has 76 valence electrons. The third-order valence-corrected chi connectivity index (χ3v) is 2.95. The maximum atomic E-state index is 3.52. The molecule has 0 saturated heterocycles. The van der Waals surface area contributed by atoms with E-state index in [4.69, 9.17) is 0 Å². The van der Waals surface area contributed by atoms with Gasteiger partial charge in [0.05, 0.1) is 0 Å². The third kappa shape index (κ3) is 1.97. The van der Waals surface area contributed by atoms with Gasteiger partial charge in [0.25, 0.3) is 0 Å². The zero-order valence-corrected chi connectivity index (χ0v) is 8.96. The van der Waals surface area contributed by atoms with Crippen LogP contribution in [-0.4, -0.2) is 25.2 Å². The van der Waals surface area contributed by atoms with Crippen molar-refractivity contribution in [2.75, 3.05) is 20.3 Å². The molecule has 0 spiro atoms. The van der Waals surface area contributed by atoms with Crippen molar-refractivity contribution in [3.8, 4) is 0 Å². The smallest absolute Gasteiger partial charge is 0.0482 e. The molecule has 0 bridgehead atoms. The highest BCUT2D eigenvalue weighted by molar-refractivity contribution is 5.30. The van der Waals surface area contributed by atoms with E-state index < -0.39 is 0 Å². The minimum absolute atomic E-state index is 0.467. The summed E-state index contributed by atoms with van der Waals surface area (Å²) in [4.78, 5) is 2.33. The first-order valence-electron chi connectivity index (χ1n) is 5.27. The van der Waals surface area contributed by atoms with Crippen LogP contribution < -0.4 is 5.32 Å². The Kier molecular flexibility index (Phi) is 2.85. The Hall–Kier alpha value is -0.860. The number of rotatable bonds is 0. The molecule has 0 fully saturated rings. The molecule has 1 unspecified atom stereocenters. The lowest BCUT2D eigenvalue weighted by molar-refractivity contribution is 0.286. The molecular weight excluding hydrogens is 172 g/mol. The first-order chi connectivity index (χ1) is 6.77. The second-order valence-electron chi connectivity index (χ2n) is 4.11. The molecular formula is C12H18N2. The summed E-state index contributed by atoms with van der Waals surface area (Å²) in [5.74, 6) is 0. The van der Waals surface area contributed by atoms with Gasteiger partial charge in [-0.05, 0) is 31.5 Å². The van der Waals surface area contributed by atoms with Gasteiger partial charge in [0.1, 0.15) is 0 Å². The molecule has 1 heterocycles. The summed E-state index contributed by atoms with van der Waals surface area (Å²) in [5, 5.41) is 3.52. The minimum Gasteiger partial charge on any atom is -0.298 e. The van der Waals surface area contributed by atoms with E-state index in [2.05, 4.69) is 48.5 Å². The van der Waals surface area contributed by atoms with Crippen LogP contribution in [0.3, 0.4) is 0 Å². The van der Waals surface area contributed by atoms with Crippen LogP contribution in [0.15, 0.2) is 24.3 Å². The van der Waals surface area contributed by atoms with E-state index in [9.17, 15) is 0 Å². The number of benzene rings is 1. The van der Waals surface area contributed by atoms with Crippen molar-refractivity contribution in [3.05, 3.63) is 35.4 Å². The monoisotopic (exact) mass is 190 g/mol. The first kappa shape index (κ1) is 9.69. The highest BCUT2D eigenvalue weighted by Gasteiger charge is 2.13. The zero-order chi connectivity index (χ0) is 9.97. The fraction of sp³-hybridized carbons (Fsp3) is 0.500. The molecule has 0 amide bonds. The van der Waals surface area contributed by atoms with Gasteiger partial charge in [-0.2, -0.15) is 0 Å². The number of hydrogen-bond acceptors (Lipinski definition) is 2. The molecule has 1 aromatic rings. The molecule has 14 heavy (non-hydrogen) atoms. The Morgan fingerprint density at radius 2 is 2.14 bits per heavy atom. The molecule has 0 aromatic heterocycles. The Balaban J connectivity index is 2.28. The number of likely N-dealkylation sites (N-methyl/N-ethyl adjacent to an activating group) is 1. The van der Waals surface area contributed by atoms with Crippen LogP contribution in [0.2, 0.25) is 0 Å². The summed E-state index contributed by atoms with van der Waals surface area (Å²) in [6, 6.07) is 9.20. The zero-order valence-electron chi connectivity index (χ0n) is 8.96. The lowest BCUT2D eigenvalue weighted by Crippen LogP contribution is -2.36. The van der Waals surface area contributed by atoms with E-state index in [1.165, 1.54) is 17.5 Å². The lowest BCUT2D eigenvalue weighted by Gasteiger charge is -2.26. The van der Waals surface area contributed by atoms with Crippen LogP contribution in [0.25, 0.3) is 0 Å². The van der Waals surface area contributed by atoms with Crippen molar-refractivity contribution in [2.24, 2.45) is 0 Å². The predicted octanol–water partition coefficient (Wildman–Crippen LogP) is 1.78. The van der Waals surface area contributed by atoms with Crippen molar-refractivity contribution in [1.82, 2.24) is 10.2 Å². The van der Waals surface area contributed by atoms with Crippen LogP contribution >= 0.6 is 0 Å². The van der Waals surface area contributed by atoms with Crippen LogP contribution in [0.5, 0.6) is 0 Å². The van der Waals surface area contributed by atoms with Gasteiger partial charge in [-0.15, -0.1) is 0 Å². The van der Waals surface area contributed by atoms with Crippen LogP contribution in [0.1, 0.15) is 24.1 Å². The average molecular weight is 190 g/mol. The molecule has 2 heteroatoms.